The van der Waals surface area contributed by atoms with Crippen LogP contribution in [0.15, 0.2) is 109 Å². The summed E-state index contributed by atoms with van der Waals surface area (Å²) in [6.07, 6.45) is 0. The van der Waals surface area contributed by atoms with Crippen molar-refractivity contribution in [2.45, 2.75) is 31.4 Å². The van der Waals surface area contributed by atoms with Gasteiger partial charge < -0.3 is 14.0 Å². The van der Waals surface area contributed by atoms with E-state index < -0.39 is 39.6 Å². The van der Waals surface area contributed by atoms with Crippen molar-refractivity contribution in [1.82, 2.24) is 0 Å². The van der Waals surface area contributed by atoms with Crippen molar-refractivity contribution in [3.05, 3.63) is 96.6 Å². The number of hydrogen-bond donors (Lipinski definition) is 0. The van der Waals surface area contributed by atoms with E-state index in [1.807, 2.05) is 6.92 Å². The first kappa shape index (κ1) is 34.5. The van der Waals surface area contributed by atoms with Crippen molar-refractivity contribution in [3.8, 4) is 17.2 Å². The van der Waals surface area contributed by atoms with Gasteiger partial charge in [-0.2, -0.15) is 12.1 Å². The molecule has 0 radical (unpaired) electrons. The molecule has 0 aliphatic carbocycles. The maximum Gasteiger partial charge on any atom is 1.00 e. The Balaban J connectivity index is 0.00000280. The van der Waals surface area contributed by atoms with E-state index in [1.54, 1.807) is 12.1 Å². The predicted molar refractivity (Wildman–Crippen MR) is 135 cm³/mol. The topological polar surface area (TPSA) is 144 Å². The third-order valence-electron chi connectivity index (χ3n) is 5.47. The number of hydrogen-bond acceptors (Lipinski definition) is 9. The minimum atomic E-state index is -4.99. The molecule has 9 nitrogen and oxygen atoms in total. The Morgan fingerprint density at radius 1 is 0.675 bits per heavy atom. The Morgan fingerprint density at radius 2 is 1.18 bits per heavy atom. The molecule has 0 aromatic heterocycles. The molecule has 0 atom stereocenters. The van der Waals surface area contributed by atoms with Gasteiger partial charge in [-0.1, -0.05) is 17.7 Å². The van der Waals surface area contributed by atoms with Crippen LogP contribution in [-0.4, -0.2) is 36.9 Å². The molecular weight excluding hydrogens is 598 g/mol. The molecule has 0 fully saturated rings. The molecule has 0 N–H and O–H groups in total. The summed E-state index contributed by atoms with van der Waals surface area (Å²) < 4.78 is 96.7. The van der Waals surface area contributed by atoms with Crippen molar-refractivity contribution in [2.24, 2.45) is 0 Å². The summed E-state index contributed by atoms with van der Waals surface area (Å²) in [5.74, 6) is 0.169. The van der Waals surface area contributed by atoms with E-state index in [4.69, 9.17) is 9.47 Å². The van der Waals surface area contributed by atoms with Gasteiger partial charge in [0, 0.05) is 5.75 Å². The molecular formula is C26H20Na2O9S3. The molecule has 0 aliphatic heterocycles. The fourth-order valence-corrected chi connectivity index (χ4v) is 6.71. The summed E-state index contributed by atoms with van der Waals surface area (Å²) in [6, 6.07) is 21.5. The van der Waals surface area contributed by atoms with Crippen LogP contribution in [-0.2, 0) is 29.8 Å². The predicted octanol–water partition coefficient (Wildman–Crippen LogP) is -1.83. The molecule has 0 bridgehead atoms. The second kappa shape index (κ2) is 13.5. The molecule has 0 spiro atoms. The number of sulfone groups is 2. The normalized spacial score (nSPS) is 11.6. The maximum absolute atomic E-state index is 13.0. The number of methoxy groups -OCH3 is 1. The van der Waals surface area contributed by atoms with Crippen LogP contribution < -0.4 is 68.6 Å². The zero-order chi connectivity index (χ0) is 27.7. The maximum atomic E-state index is 13.0. The van der Waals surface area contributed by atoms with E-state index in [9.17, 15) is 29.8 Å². The Morgan fingerprint density at radius 3 is 1.68 bits per heavy atom. The van der Waals surface area contributed by atoms with Crippen LogP contribution >= 0.6 is 0 Å². The quantitative estimate of drug-likeness (QED) is 0.127. The molecule has 4 rings (SSSR count). The SMILES string of the molecule is COc1ccc(S(=O)(=O)c2c[c-]c(Oc3ccc(S(=O)(=O)c4ccc(C)cc4)cc3)cc2)cc1S(=O)(=O)[O-].[Na+].[Na+]. The Bertz CT molecular complexity index is 1800. The number of benzene rings is 4. The van der Waals surface area contributed by atoms with Crippen LogP contribution in [0, 0.1) is 13.0 Å². The Kier molecular flexibility index (Phi) is 11.6. The van der Waals surface area contributed by atoms with Gasteiger partial charge in [-0.15, -0.1) is 12.1 Å². The second-order valence-electron chi connectivity index (χ2n) is 8.05. The summed E-state index contributed by atoms with van der Waals surface area (Å²) in [7, 11) is -11.7. The van der Waals surface area contributed by atoms with Crippen molar-refractivity contribution in [2.75, 3.05) is 7.11 Å². The van der Waals surface area contributed by atoms with Crippen molar-refractivity contribution in [3.63, 3.8) is 0 Å². The molecule has 0 saturated heterocycles. The monoisotopic (exact) mass is 618 g/mol. The van der Waals surface area contributed by atoms with Crippen molar-refractivity contribution < 1.29 is 98.4 Å². The average Bonchev–Trinajstić information content (AvgIpc) is 2.88. The molecule has 40 heavy (non-hydrogen) atoms. The van der Waals surface area contributed by atoms with Crippen LogP contribution in [0.1, 0.15) is 5.56 Å². The van der Waals surface area contributed by atoms with E-state index >= 15 is 0 Å². The standard InChI is InChI=1S/C26H21O9S3.2Na/c1-18-3-9-21(10-4-18)36(27,28)22-11-5-19(6-12-22)35-20-7-13-23(14-8-20)37(29,30)24-15-16-25(34-2)26(17-24)38(31,32)33;;/h3-7,9-17H,1-2H3,(H,31,32,33);;/q-1;2*+1/p-1. The minimum absolute atomic E-state index is 0. The zero-order valence-electron chi connectivity index (χ0n) is 22.0. The zero-order valence-corrected chi connectivity index (χ0v) is 28.4. The van der Waals surface area contributed by atoms with Crippen LogP contribution in [0.2, 0.25) is 0 Å². The van der Waals surface area contributed by atoms with Crippen LogP contribution in [0.25, 0.3) is 0 Å². The average molecular weight is 619 g/mol. The molecule has 198 valence electrons. The summed E-state index contributed by atoms with van der Waals surface area (Å²) in [6.45, 7) is 1.86. The van der Waals surface area contributed by atoms with Crippen LogP contribution in [0.4, 0.5) is 0 Å². The first-order chi connectivity index (χ1) is 17.8. The van der Waals surface area contributed by atoms with Crippen LogP contribution in [0.5, 0.6) is 17.2 Å². The van der Waals surface area contributed by atoms with Gasteiger partial charge in [-0.05, 0) is 66.4 Å². The largest absolute Gasteiger partial charge is 1.00 e. The summed E-state index contributed by atoms with van der Waals surface area (Å²) in [5.41, 5.74) is 0.937. The van der Waals surface area contributed by atoms with Gasteiger partial charge in [0.25, 0.3) is 0 Å². The fourth-order valence-electron chi connectivity index (χ4n) is 3.45. The van der Waals surface area contributed by atoms with E-state index in [0.717, 1.165) is 36.9 Å². The molecule has 0 saturated carbocycles. The second-order valence-corrected chi connectivity index (χ2v) is 13.3. The smallest absolute Gasteiger partial charge is 0.744 e. The molecule has 0 heterocycles. The molecule has 0 amide bonds. The molecule has 4 aromatic carbocycles. The minimum Gasteiger partial charge on any atom is -0.744 e. The third kappa shape index (κ3) is 7.57. The molecule has 0 aliphatic rings. The first-order valence-electron chi connectivity index (χ1n) is 10.8. The Hall–Kier alpha value is -1.71. The van der Waals surface area contributed by atoms with Gasteiger partial charge in [-0.3, -0.25) is 0 Å². The van der Waals surface area contributed by atoms with E-state index in [1.165, 1.54) is 48.5 Å². The van der Waals surface area contributed by atoms with Gasteiger partial charge >= 0.3 is 59.1 Å². The molecule has 14 heteroatoms. The van der Waals surface area contributed by atoms with Gasteiger partial charge in [-0.25, -0.2) is 25.3 Å². The number of rotatable bonds is 8. The van der Waals surface area contributed by atoms with Gasteiger partial charge in [0.1, 0.15) is 21.6 Å². The van der Waals surface area contributed by atoms with Gasteiger partial charge in [0.15, 0.2) is 9.84 Å². The van der Waals surface area contributed by atoms with E-state index in [-0.39, 0.29) is 85.3 Å². The molecule has 4 aromatic rings. The number of ether oxygens (including phenoxy) is 2. The molecule has 0 unspecified atom stereocenters. The van der Waals surface area contributed by atoms with Crippen LogP contribution in [0.3, 0.4) is 0 Å². The van der Waals surface area contributed by atoms with Crippen molar-refractivity contribution >= 4 is 29.8 Å². The third-order valence-corrected chi connectivity index (χ3v) is 9.87. The first-order valence-corrected chi connectivity index (χ1v) is 15.2. The summed E-state index contributed by atoms with van der Waals surface area (Å²) >= 11 is 0. The fraction of sp³-hybridized carbons (Fsp3) is 0.0769. The Labute approximate surface area is 277 Å². The number of aryl methyl sites for hydroxylation is 1. The van der Waals surface area contributed by atoms with E-state index in [0.29, 0.717) is 5.75 Å². The van der Waals surface area contributed by atoms with Gasteiger partial charge in [0.05, 0.1) is 26.7 Å². The van der Waals surface area contributed by atoms with Crippen molar-refractivity contribution in [1.29, 1.82) is 0 Å². The summed E-state index contributed by atoms with van der Waals surface area (Å²) in [5, 5.41) is 0. The van der Waals surface area contributed by atoms with E-state index in [2.05, 4.69) is 6.07 Å². The summed E-state index contributed by atoms with van der Waals surface area (Å²) in [4.78, 5) is -1.18. The van der Waals surface area contributed by atoms with Gasteiger partial charge in [0.2, 0.25) is 9.84 Å².